The first-order valence-electron chi connectivity index (χ1n) is 6.48. The zero-order valence-electron chi connectivity index (χ0n) is 12.0. The van der Waals surface area contributed by atoms with Crippen LogP contribution in [0, 0.1) is 6.92 Å². The third-order valence-corrected chi connectivity index (χ3v) is 3.77. The van der Waals surface area contributed by atoms with Crippen molar-refractivity contribution in [3.8, 4) is 0 Å². The molecule has 0 aliphatic heterocycles. The van der Waals surface area contributed by atoms with Crippen LogP contribution in [0.15, 0.2) is 27.8 Å². The number of hydrogen-bond acceptors (Lipinski definition) is 5. The maximum Gasteiger partial charge on any atom is 0.277 e. The fourth-order valence-electron chi connectivity index (χ4n) is 1.55. The molecule has 112 valence electrons. The number of aromatic nitrogens is 2. The topological polar surface area (TPSA) is 68.0 Å². The van der Waals surface area contributed by atoms with Crippen LogP contribution in [0.5, 0.6) is 0 Å². The Hall–Kier alpha value is -1.53. The highest BCUT2D eigenvalue weighted by atomic mass is 35.5. The summed E-state index contributed by atoms with van der Waals surface area (Å²) in [5.74, 6) is 0.755. The standard InChI is InChI=1S/C14H16ClN3O2S/c1-8(2)13-17-18-14(20-13)21-7-12(19)16-11-5-4-9(3)6-10(11)15/h4-6,8H,7H2,1-3H3,(H,16,19). The van der Waals surface area contributed by atoms with Crippen molar-refractivity contribution >= 4 is 35.0 Å². The van der Waals surface area contributed by atoms with Crippen LogP contribution in [-0.4, -0.2) is 21.9 Å². The Bertz CT molecular complexity index is 643. The predicted molar refractivity (Wildman–Crippen MR) is 83.9 cm³/mol. The SMILES string of the molecule is Cc1ccc(NC(=O)CSc2nnc(C(C)C)o2)c(Cl)c1. The molecule has 2 rings (SSSR count). The molecule has 1 amide bonds. The lowest BCUT2D eigenvalue weighted by Gasteiger charge is -2.06. The predicted octanol–water partition coefficient (Wildman–Crippen LogP) is 3.89. The molecule has 0 saturated carbocycles. The monoisotopic (exact) mass is 325 g/mol. The minimum absolute atomic E-state index is 0.171. The number of hydrogen-bond donors (Lipinski definition) is 1. The minimum atomic E-state index is -0.171. The molecule has 2 aromatic rings. The van der Waals surface area contributed by atoms with E-state index < -0.39 is 0 Å². The fourth-order valence-corrected chi connectivity index (χ4v) is 2.40. The Morgan fingerprint density at radius 2 is 2.19 bits per heavy atom. The number of amides is 1. The second-order valence-electron chi connectivity index (χ2n) is 4.88. The van der Waals surface area contributed by atoms with E-state index in [1.165, 1.54) is 11.8 Å². The van der Waals surface area contributed by atoms with Crippen LogP contribution in [0.3, 0.4) is 0 Å². The molecule has 0 spiro atoms. The van der Waals surface area contributed by atoms with Gasteiger partial charge in [0.25, 0.3) is 5.22 Å². The second kappa shape index (κ2) is 6.95. The van der Waals surface area contributed by atoms with Gasteiger partial charge in [-0.15, -0.1) is 10.2 Å². The molecule has 0 aliphatic rings. The molecular weight excluding hydrogens is 310 g/mol. The fraction of sp³-hybridized carbons (Fsp3) is 0.357. The van der Waals surface area contributed by atoms with Crippen molar-refractivity contribution in [1.29, 1.82) is 0 Å². The Morgan fingerprint density at radius 1 is 1.43 bits per heavy atom. The number of halogens is 1. The van der Waals surface area contributed by atoms with Crippen molar-refractivity contribution in [2.24, 2.45) is 0 Å². The summed E-state index contributed by atoms with van der Waals surface area (Å²) in [5, 5.41) is 11.5. The summed E-state index contributed by atoms with van der Waals surface area (Å²) in [4.78, 5) is 11.9. The van der Waals surface area contributed by atoms with Crippen molar-refractivity contribution in [2.45, 2.75) is 31.9 Å². The smallest absolute Gasteiger partial charge is 0.277 e. The molecule has 0 atom stereocenters. The van der Waals surface area contributed by atoms with E-state index in [1.807, 2.05) is 26.8 Å². The molecule has 1 aromatic carbocycles. The van der Waals surface area contributed by atoms with Gasteiger partial charge in [0.15, 0.2) is 0 Å². The first-order valence-corrected chi connectivity index (χ1v) is 7.84. The van der Waals surface area contributed by atoms with Gasteiger partial charge in [0.1, 0.15) is 0 Å². The van der Waals surface area contributed by atoms with Crippen LogP contribution < -0.4 is 5.32 Å². The maximum atomic E-state index is 11.9. The second-order valence-corrected chi connectivity index (χ2v) is 6.21. The molecule has 0 saturated heterocycles. The number of thioether (sulfide) groups is 1. The molecular formula is C14H16ClN3O2S. The summed E-state index contributed by atoms with van der Waals surface area (Å²) in [6.07, 6.45) is 0. The lowest BCUT2D eigenvalue weighted by atomic mass is 10.2. The molecule has 5 nitrogen and oxygen atoms in total. The van der Waals surface area contributed by atoms with E-state index in [0.29, 0.717) is 21.8 Å². The van der Waals surface area contributed by atoms with Crippen molar-refractivity contribution in [1.82, 2.24) is 10.2 Å². The average Bonchev–Trinajstić information content (AvgIpc) is 2.89. The van der Waals surface area contributed by atoms with Crippen LogP contribution >= 0.6 is 23.4 Å². The number of rotatable bonds is 5. The molecule has 7 heteroatoms. The minimum Gasteiger partial charge on any atom is -0.416 e. The lowest BCUT2D eigenvalue weighted by Crippen LogP contribution is -2.14. The van der Waals surface area contributed by atoms with Crippen molar-refractivity contribution in [3.63, 3.8) is 0 Å². The lowest BCUT2D eigenvalue weighted by molar-refractivity contribution is -0.113. The highest BCUT2D eigenvalue weighted by Gasteiger charge is 2.12. The molecule has 0 unspecified atom stereocenters. The first-order chi connectivity index (χ1) is 9.95. The molecule has 1 aromatic heterocycles. The summed E-state index contributed by atoms with van der Waals surface area (Å²) in [6.45, 7) is 5.87. The molecule has 0 radical (unpaired) electrons. The third kappa shape index (κ3) is 4.47. The van der Waals surface area contributed by atoms with Gasteiger partial charge in [-0.05, 0) is 24.6 Å². The molecule has 0 bridgehead atoms. The van der Waals surface area contributed by atoms with Gasteiger partial charge in [-0.25, -0.2) is 0 Å². The quantitative estimate of drug-likeness (QED) is 0.845. The number of carbonyl (C=O) groups excluding carboxylic acids is 1. The number of nitrogens with one attached hydrogen (secondary N) is 1. The zero-order chi connectivity index (χ0) is 15.4. The van der Waals surface area contributed by atoms with Gasteiger partial charge in [0, 0.05) is 5.92 Å². The van der Waals surface area contributed by atoms with Crippen LogP contribution in [0.2, 0.25) is 5.02 Å². The number of aryl methyl sites for hydroxylation is 1. The largest absolute Gasteiger partial charge is 0.416 e. The average molecular weight is 326 g/mol. The summed E-state index contributed by atoms with van der Waals surface area (Å²) < 4.78 is 5.42. The van der Waals surface area contributed by atoms with Gasteiger partial charge >= 0.3 is 0 Å². The van der Waals surface area contributed by atoms with E-state index in [9.17, 15) is 4.79 Å². The van der Waals surface area contributed by atoms with Crippen LogP contribution in [0.25, 0.3) is 0 Å². The summed E-state index contributed by atoms with van der Waals surface area (Å²) in [6, 6.07) is 5.47. The van der Waals surface area contributed by atoms with Crippen molar-refractivity contribution in [2.75, 3.05) is 11.1 Å². The first kappa shape index (κ1) is 15.9. The summed E-state index contributed by atoms with van der Waals surface area (Å²) >= 11 is 7.27. The zero-order valence-corrected chi connectivity index (χ0v) is 13.6. The Balaban J connectivity index is 1.89. The van der Waals surface area contributed by atoms with Crippen LogP contribution in [0.1, 0.15) is 31.2 Å². The van der Waals surface area contributed by atoms with E-state index in [2.05, 4.69) is 15.5 Å². The van der Waals surface area contributed by atoms with Crippen LogP contribution in [-0.2, 0) is 4.79 Å². The Labute approximate surface area is 132 Å². The molecule has 0 fully saturated rings. The normalized spacial score (nSPS) is 10.9. The van der Waals surface area contributed by atoms with E-state index >= 15 is 0 Å². The van der Waals surface area contributed by atoms with Gasteiger partial charge in [-0.3, -0.25) is 4.79 Å². The molecule has 0 aliphatic carbocycles. The van der Waals surface area contributed by atoms with Crippen molar-refractivity contribution in [3.05, 3.63) is 34.7 Å². The van der Waals surface area contributed by atoms with E-state index in [-0.39, 0.29) is 17.6 Å². The number of benzene rings is 1. The summed E-state index contributed by atoms with van der Waals surface area (Å²) in [7, 11) is 0. The highest BCUT2D eigenvalue weighted by molar-refractivity contribution is 7.99. The van der Waals surface area contributed by atoms with E-state index in [0.717, 1.165) is 5.56 Å². The van der Waals surface area contributed by atoms with Gasteiger partial charge in [-0.1, -0.05) is 43.3 Å². The third-order valence-electron chi connectivity index (χ3n) is 2.64. The summed E-state index contributed by atoms with van der Waals surface area (Å²) in [5.41, 5.74) is 1.64. The van der Waals surface area contributed by atoms with Crippen LogP contribution in [0.4, 0.5) is 5.69 Å². The van der Waals surface area contributed by atoms with Gasteiger partial charge < -0.3 is 9.73 Å². The number of carbonyl (C=O) groups is 1. The molecule has 21 heavy (non-hydrogen) atoms. The highest BCUT2D eigenvalue weighted by Crippen LogP contribution is 2.24. The van der Waals surface area contributed by atoms with E-state index in [1.54, 1.807) is 12.1 Å². The van der Waals surface area contributed by atoms with Crippen molar-refractivity contribution < 1.29 is 9.21 Å². The maximum absolute atomic E-state index is 11.9. The molecule has 1 heterocycles. The van der Waals surface area contributed by atoms with Gasteiger partial charge in [-0.2, -0.15) is 0 Å². The van der Waals surface area contributed by atoms with Gasteiger partial charge in [0.05, 0.1) is 16.5 Å². The Kier molecular flexibility index (Phi) is 5.25. The Morgan fingerprint density at radius 3 is 2.81 bits per heavy atom. The van der Waals surface area contributed by atoms with Gasteiger partial charge in [0.2, 0.25) is 11.8 Å². The van der Waals surface area contributed by atoms with E-state index in [4.69, 9.17) is 16.0 Å². The number of nitrogens with zero attached hydrogens (tertiary/aromatic N) is 2. The number of anilines is 1. The molecule has 1 N–H and O–H groups in total.